The Morgan fingerprint density at radius 3 is 2.75 bits per heavy atom. The minimum absolute atomic E-state index is 0.328. The van der Waals surface area contributed by atoms with Crippen LogP contribution in [0.5, 0.6) is 5.75 Å². The van der Waals surface area contributed by atoms with Crippen LogP contribution in [0, 0.1) is 11.7 Å². The largest absolute Gasteiger partial charge is 0.497 e. The number of hydrogen-bond acceptors (Lipinski definition) is 6. The molecule has 0 N–H and O–H groups in total. The van der Waals surface area contributed by atoms with Crippen molar-refractivity contribution in [2.75, 3.05) is 32.2 Å². The SMILES string of the molecule is COC(=O)C1CN(c2cccnn2)CC1c1ccc(OC)cc1F. The van der Waals surface area contributed by atoms with E-state index in [9.17, 15) is 9.18 Å². The van der Waals surface area contributed by atoms with Crippen LogP contribution in [0.1, 0.15) is 11.5 Å². The summed E-state index contributed by atoms with van der Waals surface area (Å²) < 4.78 is 24.4. The molecule has 2 heterocycles. The molecule has 6 nitrogen and oxygen atoms in total. The van der Waals surface area contributed by atoms with Crippen LogP contribution in [0.15, 0.2) is 36.5 Å². The number of esters is 1. The van der Waals surface area contributed by atoms with E-state index in [0.717, 1.165) is 0 Å². The summed E-state index contributed by atoms with van der Waals surface area (Å²) in [5, 5.41) is 7.93. The van der Waals surface area contributed by atoms with Gasteiger partial charge < -0.3 is 14.4 Å². The third-order valence-corrected chi connectivity index (χ3v) is 4.31. The van der Waals surface area contributed by atoms with Gasteiger partial charge in [0, 0.05) is 31.3 Å². The number of carbonyl (C=O) groups is 1. The lowest BCUT2D eigenvalue weighted by Gasteiger charge is -2.17. The van der Waals surface area contributed by atoms with E-state index in [1.54, 1.807) is 24.4 Å². The minimum Gasteiger partial charge on any atom is -0.497 e. The first-order chi connectivity index (χ1) is 11.6. The second kappa shape index (κ2) is 6.82. The quantitative estimate of drug-likeness (QED) is 0.799. The molecule has 1 aliphatic rings. The average Bonchev–Trinajstić information content (AvgIpc) is 3.06. The van der Waals surface area contributed by atoms with Gasteiger partial charge in [-0.25, -0.2) is 4.39 Å². The molecule has 7 heteroatoms. The Kier molecular flexibility index (Phi) is 4.59. The Hall–Kier alpha value is -2.70. The van der Waals surface area contributed by atoms with Gasteiger partial charge >= 0.3 is 5.97 Å². The number of methoxy groups -OCH3 is 2. The van der Waals surface area contributed by atoms with Gasteiger partial charge in [0.25, 0.3) is 0 Å². The molecule has 1 aromatic carbocycles. The molecule has 3 rings (SSSR count). The summed E-state index contributed by atoms with van der Waals surface area (Å²) in [4.78, 5) is 14.1. The Morgan fingerprint density at radius 1 is 1.29 bits per heavy atom. The zero-order valence-electron chi connectivity index (χ0n) is 13.5. The Morgan fingerprint density at radius 2 is 2.12 bits per heavy atom. The number of aromatic nitrogens is 2. The first kappa shape index (κ1) is 16.2. The Bertz CT molecular complexity index is 726. The molecule has 1 aromatic heterocycles. The van der Waals surface area contributed by atoms with E-state index in [4.69, 9.17) is 9.47 Å². The molecular formula is C17H18FN3O3. The normalized spacial score (nSPS) is 20.0. The highest BCUT2D eigenvalue weighted by atomic mass is 19.1. The van der Waals surface area contributed by atoms with Crippen molar-refractivity contribution in [1.82, 2.24) is 10.2 Å². The van der Waals surface area contributed by atoms with Crippen molar-refractivity contribution in [1.29, 1.82) is 0 Å². The van der Waals surface area contributed by atoms with Gasteiger partial charge in [-0.1, -0.05) is 6.07 Å². The van der Waals surface area contributed by atoms with E-state index >= 15 is 0 Å². The summed E-state index contributed by atoms with van der Waals surface area (Å²) >= 11 is 0. The lowest BCUT2D eigenvalue weighted by atomic mass is 9.88. The molecule has 1 aliphatic heterocycles. The van der Waals surface area contributed by atoms with Crippen molar-refractivity contribution >= 4 is 11.8 Å². The fourth-order valence-corrected chi connectivity index (χ4v) is 3.09. The predicted molar refractivity (Wildman–Crippen MR) is 85.4 cm³/mol. The predicted octanol–water partition coefficient (Wildman–Crippen LogP) is 2.02. The molecule has 2 unspecified atom stereocenters. The fourth-order valence-electron chi connectivity index (χ4n) is 3.09. The van der Waals surface area contributed by atoms with Gasteiger partial charge in [-0.15, -0.1) is 5.10 Å². The Labute approximate surface area is 139 Å². The molecule has 0 radical (unpaired) electrons. The lowest BCUT2D eigenvalue weighted by Crippen LogP contribution is -2.25. The highest BCUT2D eigenvalue weighted by Crippen LogP contribution is 2.37. The molecule has 1 fully saturated rings. The molecule has 24 heavy (non-hydrogen) atoms. The highest BCUT2D eigenvalue weighted by Gasteiger charge is 2.41. The van der Waals surface area contributed by atoms with Gasteiger partial charge in [0.05, 0.1) is 20.1 Å². The van der Waals surface area contributed by atoms with Gasteiger partial charge in [-0.3, -0.25) is 4.79 Å². The standard InChI is InChI=1S/C17H18FN3O3/c1-23-11-5-6-12(15(18)8-11)13-9-21(10-14(13)17(22)24-2)16-4-3-7-19-20-16/h3-8,13-14H,9-10H2,1-2H3. The van der Waals surface area contributed by atoms with Crippen molar-refractivity contribution in [2.24, 2.45) is 5.92 Å². The number of ether oxygens (including phenoxy) is 2. The van der Waals surface area contributed by atoms with Gasteiger partial charge in [0.1, 0.15) is 11.6 Å². The first-order valence-corrected chi connectivity index (χ1v) is 7.58. The second-order valence-corrected chi connectivity index (χ2v) is 5.61. The zero-order valence-corrected chi connectivity index (χ0v) is 13.5. The van der Waals surface area contributed by atoms with Crippen LogP contribution < -0.4 is 9.64 Å². The summed E-state index contributed by atoms with van der Waals surface area (Å²) in [5.41, 5.74) is 0.470. The minimum atomic E-state index is -0.472. The number of hydrogen-bond donors (Lipinski definition) is 0. The summed E-state index contributed by atoms with van der Waals surface area (Å²) in [7, 11) is 2.83. The molecule has 0 saturated carbocycles. The summed E-state index contributed by atoms with van der Waals surface area (Å²) in [6.07, 6.45) is 1.58. The monoisotopic (exact) mass is 331 g/mol. The van der Waals surface area contributed by atoms with Crippen molar-refractivity contribution in [2.45, 2.75) is 5.92 Å². The third-order valence-electron chi connectivity index (χ3n) is 4.31. The number of anilines is 1. The smallest absolute Gasteiger partial charge is 0.311 e. The highest BCUT2D eigenvalue weighted by molar-refractivity contribution is 5.75. The number of halogens is 1. The number of nitrogens with zero attached hydrogens (tertiary/aromatic N) is 3. The molecule has 2 aromatic rings. The number of carbonyl (C=O) groups excluding carboxylic acids is 1. The van der Waals surface area contributed by atoms with Crippen molar-refractivity contribution < 1.29 is 18.7 Å². The first-order valence-electron chi connectivity index (χ1n) is 7.58. The van der Waals surface area contributed by atoms with Gasteiger partial charge in [0.2, 0.25) is 0 Å². The maximum Gasteiger partial charge on any atom is 0.311 e. The van der Waals surface area contributed by atoms with E-state index in [2.05, 4.69) is 10.2 Å². The Balaban J connectivity index is 1.93. The lowest BCUT2D eigenvalue weighted by molar-refractivity contribution is -0.145. The van der Waals surface area contributed by atoms with Crippen molar-refractivity contribution in [3.63, 3.8) is 0 Å². The van der Waals surface area contributed by atoms with Crippen molar-refractivity contribution in [3.05, 3.63) is 47.9 Å². The third kappa shape index (κ3) is 3.02. The van der Waals surface area contributed by atoms with Gasteiger partial charge in [-0.05, 0) is 23.8 Å². The zero-order chi connectivity index (χ0) is 17.1. The molecule has 0 amide bonds. The molecule has 126 valence electrons. The average molecular weight is 331 g/mol. The number of rotatable bonds is 4. The topological polar surface area (TPSA) is 64.5 Å². The van der Waals surface area contributed by atoms with Crippen LogP contribution in [0.2, 0.25) is 0 Å². The summed E-state index contributed by atoms with van der Waals surface area (Å²) in [6.45, 7) is 0.864. The van der Waals surface area contributed by atoms with Crippen LogP contribution >= 0.6 is 0 Å². The molecule has 0 bridgehead atoms. The van der Waals surface area contributed by atoms with Gasteiger partial charge in [0.15, 0.2) is 5.82 Å². The van der Waals surface area contributed by atoms with Gasteiger partial charge in [-0.2, -0.15) is 5.10 Å². The maximum absolute atomic E-state index is 14.5. The molecule has 0 aliphatic carbocycles. The van der Waals surface area contributed by atoms with Crippen molar-refractivity contribution in [3.8, 4) is 5.75 Å². The summed E-state index contributed by atoms with van der Waals surface area (Å²) in [5.74, 6) is -0.460. The van der Waals surface area contributed by atoms with E-state index in [1.807, 2.05) is 11.0 Å². The van der Waals surface area contributed by atoms with Crippen LogP contribution in [0.4, 0.5) is 10.2 Å². The second-order valence-electron chi connectivity index (χ2n) is 5.61. The maximum atomic E-state index is 14.5. The molecule has 0 spiro atoms. The van der Waals surface area contributed by atoms with Crippen LogP contribution in [0.3, 0.4) is 0 Å². The van der Waals surface area contributed by atoms with E-state index < -0.39 is 11.7 Å². The van der Waals surface area contributed by atoms with Crippen LogP contribution in [-0.2, 0) is 9.53 Å². The van der Waals surface area contributed by atoms with E-state index in [0.29, 0.717) is 30.2 Å². The molecule has 2 atom stereocenters. The fraction of sp³-hybridized carbons (Fsp3) is 0.353. The van der Waals surface area contributed by atoms with E-state index in [1.165, 1.54) is 20.3 Å². The van der Waals surface area contributed by atoms with Crippen LogP contribution in [-0.4, -0.2) is 43.5 Å². The van der Waals surface area contributed by atoms with Crippen LogP contribution in [0.25, 0.3) is 0 Å². The number of benzene rings is 1. The molecule has 1 saturated heterocycles. The molecular weight excluding hydrogens is 313 g/mol. The summed E-state index contributed by atoms with van der Waals surface area (Å²) in [6, 6.07) is 8.27. The van der Waals surface area contributed by atoms with E-state index in [-0.39, 0.29) is 11.9 Å².